The SMILES string of the molecule is COC(=O)CN(CC(=O)O)C(=O)CCCCCCCCCC[SiH2]OCCCO[SiH2]CCCCCCCCCCC(=O)N(CC(=O)O)CC(=O)O. The molecule has 0 heterocycles. The topological polar surface area (TPSA) is 197 Å². The Kier molecular flexibility index (Phi) is 31.4. The van der Waals surface area contributed by atoms with Crippen LogP contribution in [0.5, 0.6) is 0 Å². The van der Waals surface area contributed by atoms with E-state index in [1.165, 1.54) is 64.1 Å². The number of rotatable bonds is 36. The highest BCUT2D eigenvalue weighted by Gasteiger charge is 2.20. The van der Waals surface area contributed by atoms with Crippen molar-refractivity contribution in [1.29, 1.82) is 0 Å². The van der Waals surface area contributed by atoms with E-state index in [2.05, 4.69) is 4.74 Å². The molecular weight excluding hydrogens is 685 g/mol. The van der Waals surface area contributed by atoms with Crippen LogP contribution in [0.25, 0.3) is 0 Å². The minimum atomic E-state index is -1.21. The molecule has 0 saturated heterocycles. The highest BCUT2D eigenvalue weighted by molar-refractivity contribution is 6.27. The summed E-state index contributed by atoms with van der Waals surface area (Å²) in [6.07, 6.45) is 18.4. The molecule has 0 saturated carbocycles. The third-order valence-corrected chi connectivity index (χ3v) is 10.9. The van der Waals surface area contributed by atoms with Gasteiger partial charge in [-0.1, -0.05) is 89.9 Å². The lowest BCUT2D eigenvalue weighted by molar-refractivity contribution is -0.151. The number of carbonyl (C=O) groups is 6. The summed E-state index contributed by atoms with van der Waals surface area (Å²) < 4.78 is 16.3. The molecule has 14 nitrogen and oxygen atoms in total. The van der Waals surface area contributed by atoms with Crippen LogP contribution < -0.4 is 0 Å². The second-order valence-electron chi connectivity index (χ2n) is 12.7. The fourth-order valence-corrected chi connectivity index (χ4v) is 7.73. The normalized spacial score (nSPS) is 11.4. The molecule has 0 aromatic rings. The largest absolute Gasteiger partial charge is 0.480 e. The van der Waals surface area contributed by atoms with Gasteiger partial charge in [0.05, 0.1) is 7.11 Å². The zero-order valence-corrected chi connectivity index (χ0v) is 33.2. The van der Waals surface area contributed by atoms with Gasteiger partial charge in [-0.15, -0.1) is 0 Å². The van der Waals surface area contributed by atoms with Crippen LogP contribution >= 0.6 is 0 Å². The van der Waals surface area contributed by atoms with Crippen molar-refractivity contribution in [3.63, 3.8) is 0 Å². The number of carboxylic acid groups (broad SMARTS) is 3. The molecule has 0 aromatic carbocycles. The molecule has 0 fully saturated rings. The van der Waals surface area contributed by atoms with Crippen LogP contribution in [0.3, 0.4) is 0 Å². The number of unbranched alkanes of at least 4 members (excludes halogenated alkanes) is 14. The van der Waals surface area contributed by atoms with E-state index in [1.807, 2.05) is 0 Å². The van der Waals surface area contributed by atoms with E-state index in [1.54, 1.807) is 0 Å². The zero-order chi connectivity index (χ0) is 37.2. The number of hydrogen-bond donors (Lipinski definition) is 3. The summed E-state index contributed by atoms with van der Waals surface area (Å²) in [5, 5.41) is 26.6. The van der Waals surface area contributed by atoms with E-state index >= 15 is 0 Å². The lowest BCUT2D eigenvalue weighted by Gasteiger charge is -2.19. The molecule has 0 aromatic heterocycles. The Labute approximate surface area is 302 Å². The molecule has 0 atom stereocenters. The van der Waals surface area contributed by atoms with Crippen LogP contribution in [0.1, 0.15) is 122 Å². The van der Waals surface area contributed by atoms with Crippen LogP contribution in [0.15, 0.2) is 0 Å². The van der Waals surface area contributed by atoms with Crippen molar-refractivity contribution in [2.24, 2.45) is 0 Å². The summed E-state index contributed by atoms with van der Waals surface area (Å²) >= 11 is 0. The van der Waals surface area contributed by atoms with Gasteiger partial charge in [-0.3, -0.25) is 28.8 Å². The number of nitrogens with zero attached hydrogens (tertiary/aromatic N) is 2. The molecule has 2 amide bonds. The number of carbonyl (C=O) groups excluding carboxylic acids is 3. The van der Waals surface area contributed by atoms with E-state index in [0.717, 1.165) is 74.4 Å². The van der Waals surface area contributed by atoms with Crippen molar-refractivity contribution in [2.45, 2.75) is 134 Å². The van der Waals surface area contributed by atoms with Gasteiger partial charge in [0.15, 0.2) is 19.5 Å². The lowest BCUT2D eigenvalue weighted by Crippen LogP contribution is -2.39. The van der Waals surface area contributed by atoms with Gasteiger partial charge in [0, 0.05) is 26.1 Å². The number of esters is 1. The highest BCUT2D eigenvalue weighted by Crippen LogP contribution is 2.13. The van der Waals surface area contributed by atoms with Gasteiger partial charge in [0.2, 0.25) is 11.8 Å². The maximum atomic E-state index is 12.2. The monoisotopic (exact) mass is 748 g/mol. The maximum absolute atomic E-state index is 12.2. The molecule has 0 unspecified atom stereocenters. The van der Waals surface area contributed by atoms with Crippen molar-refractivity contribution in [2.75, 3.05) is 46.5 Å². The Hall–Kier alpha value is -2.83. The van der Waals surface area contributed by atoms with Crippen LogP contribution in [0.4, 0.5) is 0 Å². The first-order valence-corrected chi connectivity index (χ1v) is 21.7. The minimum absolute atomic E-state index is 0.182. The van der Waals surface area contributed by atoms with E-state index in [-0.39, 0.29) is 25.3 Å². The maximum Gasteiger partial charge on any atom is 0.325 e. The van der Waals surface area contributed by atoms with Gasteiger partial charge in [0.25, 0.3) is 0 Å². The molecule has 0 bridgehead atoms. The Bertz CT molecular complexity index is 941. The minimum Gasteiger partial charge on any atom is -0.480 e. The standard InChI is InChI=1S/C34H64N2O12Si2/c1-46-34(45)28-36(27-33(43)44)30(38)20-15-11-7-3-5-9-13-17-24-50-48-22-18-21-47-49-23-16-12-8-4-2-6-10-14-19-29(37)35(25-31(39)40)26-32(41)42/h2-28,49-50H2,1H3,(H,39,40)(H,41,42)(H,43,44). The number of aliphatic carboxylic acids is 3. The van der Waals surface area contributed by atoms with Gasteiger partial charge in [0.1, 0.15) is 26.2 Å². The van der Waals surface area contributed by atoms with Gasteiger partial charge < -0.3 is 38.7 Å². The molecule has 0 spiro atoms. The van der Waals surface area contributed by atoms with E-state index in [4.69, 9.17) is 24.2 Å². The van der Waals surface area contributed by atoms with E-state index < -0.39 is 68.9 Å². The molecule has 290 valence electrons. The van der Waals surface area contributed by atoms with Crippen molar-refractivity contribution in [3.8, 4) is 0 Å². The predicted octanol–water partition coefficient (Wildman–Crippen LogP) is 3.52. The fraction of sp³-hybridized carbons (Fsp3) is 0.824. The average Bonchev–Trinajstić information content (AvgIpc) is 3.06. The van der Waals surface area contributed by atoms with Gasteiger partial charge in [-0.2, -0.15) is 0 Å². The second-order valence-corrected chi connectivity index (χ2v) is 15.7. The van der Waals surface area contributed by atoms with Gasteiger partial charge >= 0.3 is 23.9 Å². The van der Waals surface area contributed by atoms with Gasteiger partial charge in [-0.05, 0) is 31.4 Å². The third kappa shape index (κ3) is 31.2. The number of methoxy groups -OCH3 is 1. The summed E-state index contributed by atoms with van der Waals surface area (Å²) in [5.41, 5.74) is 0. The molecule has 3 N–H and O–H groups in total. The lowest BCUT2D eigenvalue weighted by atomic mass is 10.1. The Balaban J connectivity index is 3.42. The molecule has 0 rings (SSSR count). The van der Waals surface area contributed by atoms with Crippen molar-refractivity contribution in [1.82, 2.24) is 9.80 Å². The van der Waals surface area contributed by atoms with Gasteiger partial charge in [-0.25, -0.2) is 0 Å². The molecule has 16 heteroatoms. The number of amides is 2. The summed E-state index contributed by atoms with van der Waals surface area (Å²) in [7, 11) is 0.304. The first kappa shape index (κ1) is 47.2. The Morgan fingerprint density at radius 1 is 0.460 bits per heavy atom. The van der Waals surface area contributed by atoms with Crippen LogP contribution in [-0.2, 0) is 42.4 Å². The van der Waals surface area contributed by atoms with E-state index in [0.29, 0.717) is 12.8 Å². The number of carboxylic acids is 3. The number of hydrogen-bond acceptors (Lipinski definition) is 9. The molecule has 0 aliphatic heterocycles. The number of ether oxygens (including phenoxy) is 1. The van der Waals surface area contributed by atoms with E-state index in [9.17, 15) is 28.8 Å². The summed E-state index contributed by atoms with van der Waals surface area (Å²) in [6, 6.07) is 2.41. The van der Waals surface area contributed by atoms with Crippen LogP contribution in [0, 0.1) is 0 Å². The average molecular weight is 749 g/mol. The molecule has 0 radical (unpaired) electrons. The Morgan fingerprint density at radius 2 is 0.780 bits per heavy atom. The summed E-state index contributed by atoms with van der Waals surface area (Å²) in [5.74, 6) is -4.95. The molecule has 0 aliphatic rings. The Morgan fingerprint density at radius 3 is 1.12 bits per heavy atom. The van der Waals surface area contributed by atoms with Crippen LogP contribution in [-0.4, -0.2) is 127 Å². The quantitative estimate of drug-likeness (QED) is 0.0480. The second kappa shape index (κ2) is 33.3. The highest BCUT2D eigenvalue weighted by atomic mass is 28.2. The predicted molar refractivity (Wildman–Crippen MR) is 194 cm³/mol. The smallest absolute Gasteiger partial charge is 0.325 e. The summed E-state index contributed by atoms with van der Waals surface area (Å²) in [4.78, 5) is 70.2. The summed E-state index contributed by atoms with van der Waals surface area (Å²) in [6.45, 7) is -0.393. The van der Waals surface area contributed by atoms with Crippen molar-refractivity contribution < 1.29 is 57.7 Å². The fourth-order valence-electron chi connectivity index (χ4n) is 5.39. The third-order valence-electron chi connectivity index (χ3n) is 8.17. The zero-order valence-electron chi connectivity index (χ0n) is 30.4. The first-order valence-electron chi connectivity index (χ1n) is 18.5. The first-order chi connectivity index (χ1) is 24.1. The molecule has 50 heavy (non-hydrogen) atoms. The van der Waals surface area contributed by atoms with Crippen molar-refractivity contribution >= 4 is 55.2 Å². The van der Waals surface area contributed by atoms with Crippen molar-refractivity contribution in [3.05, 3.63) is 0 Å². The molecule has 0 aliphatic carbocycles. The van der Waals surface area contributed by atoms with Crippen LogP contribution in [0.2, 0.25) is 12.1 Å². The molecular formula is C34H64N2O12Si2.